The Morgan fingerprint density at radius 1 is 1.45 bits per heavy atom. The number of rotatable bonds is 5. The summed E-state index contributed by atoms with van der Waals surface area (Å²) in [7, 11) is 0. The van der Waals surface area contributed by atoms with Crippen molar-refractivity contribution in [3.05, 3.63) is 42.1 Å². The van der Waals surface area contributed by atoms with Crippen LogP contribution in [-0.4, -0.2) is 33.8 Å². The summed E-state index contributed by atoms with van der Waals surface area (Å²) in [5.41, 5.74) is 4.80. The molecule has 22 heavy (non-hydrogen) atoms. The number of nitrogens with one attached hydrogen (secondary N) is 1. The number of nitrogens with two attached hydrogens (primary N) is 1. The third-order valence-corrected chi connectivity index (χ3v) is 2.64. The number of ether oxygens (including phenoxy) is 1. The quantitative estimate of drug-likeness (QED) is 0.762. The Labute approximate surface area is 125 Å². The Hall–Kier alpha value is -3.10. The molecule has 1 atom stereocenters. The third kappa shape index (κ3) is 3.95. The van der Waals surface area contributed by atoms with Crippen LogP contribution in [0.25, 0.3) is 0 Å². The van der Waals surface area contributed by atoms with E-state index in [1.165, 1.54) is 13.0 Å². The molecule has 2 aromatic heterocycles. The Morgan fingerprint density at radius 3 is 2.86 bits per heavy atom. The molecule has 116 valence electrons. The van der Waals surface area contributed by atoms with Crippen LogP contribution in [0.15, 0.2) is 35.0 Å². The van der Waals surface area contributed by atoms with E-state index in [0.717, 1.165) is 0 Å². The van der Waals surface area contributed by atoms with Crippen LogP contribution < -0.4 is 11.1 Å². The highest BCUT2D eigenvalue weighted by Crippen LogP contribution is 2.11. The fraction of sp³-hybridized carbons (Fsp3) is 0.231. The highest BCUT2D eigenvalue weighted by Gasteiger charge is 2.22. The van der Waals surface area contributed by atoms with Crippen LogP contribution in [0.1, 0.15) is 23.2 Å². The van der Waals surface area contributed by atoms with Crippen molar-refractivity contribution in [2.45, 2.75) is 19.6 Å². The number of imide groups is 1. The zero-order chi connectivity index (χ0) is 16.1. The first-order valence-electron chi connectivity index (χ1n) is 6.33. The van der Waals surface area contributed by atoms with E-state index in [2.05, 4.69) is 5.10 Å². The van der Waals surface area contributed by atoms with Crippen LogP contribution >= 0.6 is 0 Å². The van der Waals surface area contributed by atoms with Crippen molar-refractivity contribution in [1.29, 1.82) is 0 Å². The molecule has 2 heterocycles. The fourth-order valence-corrected chi connectivity index (χ4v) is 1.62. The lowest BCUT2D eigenvalue weighted by Gasteiger charge is -2.10. The van der Waals surface area contributed by atoms with Gasteiger partial charge in [0.1, 0.15) is 5.76 Å². The molecule has 3 N–H and O–H groups in total. The van der Waals surface area contributed by atoms with Crippen molar-refractivity contribution in [2.75, 3.05) is 0 Å². The molecule has 0 radical (unpaired) electrons. The summed E-state index contributed by atoms with van der Waals surface area (Å²) in [6, 6.07) is 3.77. The van der Waals surface area contributed by atoms with E-state index in [1.807, 2.05) is 5.32 Å². The van der Waals surface area contributed by atoms with E-state index >= 15 is 0 Å². The molecule has 0 spiro atoms. The summed E-state index contributed by atoms with van der Waals surface area (Å²) in [4.78, 5) is 33.8. The maximum absolute atomic E-state index is 11.8. The largest absolute Gasteiger partial charge is 0.452 e. The standard InChI is InChI=1S/C13H14N4O5/c1-8(11(18)16-13(14)20)21-12(19)10-4-3-9(22-10)7-17-6-2-5-15-17/h2-6,8H,7H2,1H3,(H3,14,16,18,20). The monoisotopic (exact) mass is 306 g/mol. The highest BCUT2D eigenvalue weighted by molar-refractivity contribution is 5.97. The number of urea groups is 1. The maximum Gasteiger partial charge on any atom is 0.375 e. The molecule has 0 aromatic carbocycles. The van der Waals surface area contributed by atoms with Gasteiger partial charge >= 0.3 is 12.0 Å². The van der Waals surface area contributed by atoms with Crippen molar-refractivity contribution < 1.29 is 23.5 Å². The number of nitrogens with zero attached hydrogens (tertiary/aromatic N) is 2. The van der Waals surface area contributed by atoms with Gasteiger partial charge in [-0.05, 0) is 25.1 Å². The molecule has 0 saturated carbocycles. The zero-order valence-electron chi connectivity index (χ0n) is 11.7. The Bertz CT molecular complexity index is 676. The Balaban J connectivity index is 1.94. The van der Waals surface area contributed by atoms with Gasteiger partial charge in [-0.3, -0.25) is 14.8 Å². The molecule has 9 nitrogen and oxygen atoms in total. The molecule has 0 bridgehead atoms. The number of furan rings is 1. The van der Waals surface area contributed by atoms with E-state index in [1.54, 1.807) is 29.2 Å². The second-order valence-corrected chi connectivity index (χ2v) is 4.37. The van der Waals surface area contributed by atoms with Gasteiger partial charge < -0.3 is 14.9 Å². The number of carbonyl (C=O) groups is 3. The first kappa shape index (κ1) is 15.3. The van der Waals surface area contributed by atoms with Gasteiger partial charge in [0.05, 0.1) is 6.54 Å². The normalized spacial score (nSPS) is 11.7. The Kier molecular flexibility index (Phi) is 4.57. The highest BCUT2D eigenvalue weighted by atomic mass is 16.6. The summed E-state index contributed by atoms with van der Waals surface area (Å²) in [6.07, 6.45) is 2.19. The molecule has 0 aliphatic carbocycles. The lowest BCUT2D eigenvalue weighted by molar-refractivity contribution is -0.127. The summed E-state index contributed by atoms with van der Waals surface area (Å²) in [6.45, 7) is 1.67. The predicted octanol–water partition coefficient (Wildman–Crippen LogP) is 0.265. The molecular formula is C13H14N4O5. The lowest BCUT2D eigenvalue weighted by Crippen LogP contribution is -2.42. The van der Waals surface area contributed by atoms with Crippen molar-refractivity contribution >= 4 is 17.9 Å². The number of hydrogen-bond acceptors (Lipinski definition) is 6. The molecule has 0 fully saturated rings. The lowest BCUT2D eigenvalue weighted by atomic mass is 10.3. The van der Waals surface area contributed by atoms with Crippen LogP contribution in [0.5, 0.6) is 0 Å². The van der Waals surface area contributed by atoms with Gasteiger partial charge in [0, 0.05) is 12.4 Å². The summed E-state index contributed by atoms with van der Waals surface area (Å²) >= 11 is 0. The molecule has 2 rings (SSSR count). The average Bonchev–Trinajstić information content (AvgIpc) is 3.10. The number of aromatic nitrogens is 2. The van der Waals surface area contributed by atoms with E-state index < -0.39 is 24.0 Å². The Morgan fingerprint density at radius 2 is 2.23 bits per heavy atom. The van der Waals surface area contributed by atoms with Gasteiger partial charge in [-0.1, -0.05) is 0 Å². The van der Waals surface area contributed by atoms with E-state index in [0.29, 0.717) is 12.3 Å². The van der Waals surface area contributed by atoms with E-state index in [4.69, 9.17) is 14.9 Å². The van der Waals surface area contributed by atoms with Gasteiger partial charge in [0.15, 0.2) is 6.10 Å². The molecule has 3 amide bonds. The minimum Gasteiger partial charge on any atom is -0.452 e. The minimum atomic E-state index is -1.18. The smallest absolute Gasteiger partial charge is 0.375 e. The molecule has 2 aromatic rings. The van der Waals surface area contributed by atoms with Crippen LogP contribution in [0, 0.1) is 0 Å². The van der Waals surface area contributed by atoms with Crippen LogP contribution in [0.3, 0.4) is 0 Å². The van der Waals surface area contributed by atoms with Crippen LogP contribution in [-0.2, 0) is 16.1 Å². The average molecular weight is 306 g/mol. The number of primary amides is 1. The van der Waals surface area contributed by atoms with E-state index in [9.17, 15) is 14.4 Å². The number of esters is 1. The zero-order valence-corrected chi connectivity index (χ0v) is 11.7. The first-order valence-corrected chi connectivity index (χ1v) is 6.33. The first-order chi connectivity index (χ1) is 10.5. The van der Waals surface area contributed by atoms with Crippen molar-refractivity contribution in [1.82, 2.24) is 15.1 Å². The predicted molar refractivity (Wildman–Crippen MR) is 72.6 cm³/mol. The van der Waals surface area contributed by atoms with Crippen molar-refractivity contribution in [3.63, 3.8) is 0 Å². The molecule has 1 unspecified atom stereocenters. The number of amides is 3. The summed E-state index contributed by atoms with van der Waals surface area (Å²) in [5, 5.41) is 5.82. The van der Waals surface area contributed by atoms with Crippen LogP contribution in [0.4, 0.5) is 4.79 Å². The van der Waals surface area contributed by atoms with Gasteiger partial charge in [0.2, 0.25) is 5.76 Å². The minimum absolute atomic E-state index is 0.0547. The second-order valence-electron chi connectivity index (χ2n) is 4.37. The fourth-order valence-electron chi connectivity index (χ4n) is 1.62. The van der Waals surface area contributed by atoms with Gasteiger partial charge in [-0.15, -0.1) is 0 Å². The number of carbonyl (C=O) groups excluding carboxylic acids is 3. The van der Waals surface area contributed by atoms with Crippen LogP contribution in [0.2, 0.25) is 0 Å². The third-order valence-electron chi connectivity index (χ3n) is 2.64. The van der Waals surface area contributed by atoms with Gasteiger partial charge in [0.25, 0.3) is 5.91 Å². The second kappa shape index (κ2) is 6.57. The van der Waals surface area contributed by atoms with Crippen molar-refractivity contribution in [2.24, 2.45) is 5.73 Å². The van der Waals surface area contributed by atoms with Crippen molar-refractivity contribution in [3.8, 4) is 0 Å². The molecule has 0 aliphatic rings. The summed E-state index contributed by atoms with van der Waals surface area (Å²) in [5.74, 6) is -1.19. The molecule has 0 aliphatic heterocycles. The van der Waals surface area contributed by atoms with Gasteiger partial charge in [-0.2, -0.15) is 5.10 Å². The van der Waals surface area contributed by atoms with Gasteiger partial charge in [-0.25, -0.2) is 9.59 Å². The maximum atomic E-state index is 11.8. The summed E-state index contributed by atoms with van der Waals surface area (Å²) < 4.78 is 11.8. The number of hydrogen-bond donors (Lipinski definition) is 2. The SMILES string of the molecule is CC(OC(=O)c1ccc(Cn2cccn2)o1)C(=O)NC(N)=O. The van der Waals surface area contributed by atoms with E-state index in [-0.39, 0.29) is 5.76 Å². The molecule has 0 saturated heterocycles. The molecular weight excluding hydrogens is 292 g/mol. The molecule has 9 heteroatoms. The topological polar surface area (TPSA) is 129 Å².